The van der Waals surface area contributed by atoms with E-state index in [1.165, 1.54) is 5.39 Å². The van der Waals surface area contributed by atoms with Crippen molar-refractivity contribution >= 4 is 22.8 Å². The van der Waals surface area contributed by atoms with Gasteiger partial charge < -0.3 is 10.1 Å². The monoisotopic (exact) mass is 255 g/mol. The van der Waals surface area contributed by atoms with Crippen molar-refractivity contribution in [2.24, 2.45) is 0 Å². The third kappa shape index (κ3) is 3.66. The second-order valence-electron chi connectivity index (χ2n) is 4.19. The summed E-state index contributed by atoms with van der Waals surface area (Å²) in [5.41, 5.74) is 1.04. The van der Waals surface area contributed by atoms with Gasteiger partial charge in [-0.05, 0) is 22.4 Å². The van der Waals surface area contributed by atoms with Crippen LogP contribution in [0.25, 0.3) is 16.8 Å². The van der Waals surface area contributed by atoms with Gasteiger partial charge in [-0.15, -0.1) is 0 Å². The van der Waals surface area contributed by atoms with E-state index in [2.05, 4.69) is 23.5 Å². The molecule has 2 aromatic rings. The van der Waals surface area contributed by atoms with Crippen molar-refractivity contribution in [1.82, 2.24) is 5.32 Å². The molecule has 19 heavy (non-hydrogen) atoms. The number of carbonyl (C=O) groups is 1. The molecule has 0 saturated heterocycles. The lowest BCUT2D eigenvalue weighted by Crippen LogP contribution is -2.24. The van der Waals surface area contributed by atoms with Crippen LogP contribution in [0.4, 0.5) is 0 Å². The Morgan fingerprint density at radius 1 is 1.21 bits per heavy atom. The van der Waals surface area contributed by atoms with Crippen LogP contribution in [-0.4, -0.2) is 26.2 Å². The van der Waals surface area contributed by atoms with E-state index in [-0.39, 0.29) is 5.91 Å². The van der Waals surface area contributed by atoms with Crippen LogP contribution in [0.15, 0.2) is 48.5 Å². The number of fused-ring (bicyclic) bond motifs is 1. The summed E-state index contributed by atoms with van der Waals surface area (Å²) in [5, 5.41) is 5.07. The minimum atomic E-state index is -0.106. The van der Waals surface area contributed by atoms with E-state index >= 15 is 0 Å². The molecule has 98 valence electrons. The predicted octanol–water partition coefficient (Wildman–Crippen LogP) is 2.62. The van der Waals surface area contributed by atoms with E-state index in [1.54, 1.807) is 13.2 Å². The quantitative estimate of drug-likeness (QED) is 0.659. The van der Waals surface area contributed by atoms with Gasteiger partial charge in [0, 0.05) is 19.7 Å². The average molecular weight is 255 g/mol. The predicted molar refractivity (Wildman–Crippen MR) is 77.9 cm³/mol. The lowest BCUT2D eigenvalue weighted by atomic mass is 10.0. The van der Waals surface area contributed by atoms with Crippen molar-refractivity contribution in [1.29, 1.82) is 0 Å². The lowest BCUT2D eigenvalue weighted by Gasteiger charge is -2.02. The van der Waals surface area contributed by atoms with Crippen LogP contribution in [0.3, 0.4) is 0 Å². The maximum absolute atomic E-state index is 11.6. The Kier molecular flexibility index (Phi) is 4.70. The van der Waals surface area contributed by atoms with Gasteiger partial charge in [-0.2, -0.15) is 0 Å². The summed E-state index contributed by atoms with van der Waals surface area (Å²) in [5.74, 6) is -0.106. The van der Waals surface area contributed by atoms with E-state index in [9.17, 15) is 4.79 Å². The molecule has 0 aromatic heterocycles. The van der Waals surface area contributed by atoms with Gasteiger partial charge in [-0.25, -0.2) is 0 Å². The summed E-state index contributed by atoms with van der Waals surface area (Å²) in [6.07, 6.45) is 3.39. The van der Waals surface area contributed by atoms with Gasteiger partial charge in [0.05, 0.1) is 6.61 Å². The van der Waals surface area contributed by atoms with Crippen LogP contribution in [0, 0.1) is 0 Å². The molecule has 0 bridgehead atoms. The van der Waals surface area contributed by atoms with Gasteiger partial charge in [0.1, 0.15) is 0 Å². The van der Waals surface area contributed by atoms with E-state index in [4.69, 9.17) is 4.74 Å². The van der Waals surface area contributed by atoms with Crippen molar-refractivity contribution in [3.8, 4) is 0 Å². The van der Waals surface area contributed by atoms with Crippen molar-refractivity contribution < 1.29 is 9.53 Å². The highest BCUT2D eigenvalue weighted by Crippen LogP contribution is 2.19. The molecule has 0 aliphatic rings. The fourth-order valence-electron chi connectivity index (χ4n) is 1.90. The number of hydrogen-bond donors (Lipinski definition) is 1. The van der Waals surface area contributed by atoms with Crippen LogP contribution < -0.4 is 5.32 Å². The van der Waals surface area contributed by atoms with Gasteiger partial charge in [0.2, 0.25) is 5.91 Å². The molecule has 0 fully saturated rings. The molecule has 2 rings (SSSR count). The minimum Gasteiger partial charge on any atom is -0.383 e. The molecule has 3 nitrogen and oxygen atoms in total. The number of methoxy groups -OCH3 is 1. The number of amides is 1. The van der Waals surface area contributed by atoms with Gasteiger partial charge in [0.15, 0.2) is 0 Å². The number of ether oxygens (including phenoxy) is 1. The van der Waals surface area contributed by atoms with E-state index in [0.717, 1.165) is 10.9 Å². The summed E-state index contributed by atoms with van der Waals surface area (Å²) < 4.78 is 4.87. The zero-order chi connectivity index (χ0) is 13.5. The number of benzene rings is 2. The highest BCUT2D eigenvalue weighted by atomic mass is 16.5. The Hall–Kier alpha value is -2.13. The molecule has 1 amide bonds. The molecule has 0 atom stereocenters. The second-order valence-corrected chi connectivity index (χ2v) is 4.19. The molecule has 0 aliphatic carbocycles. The number of rotatable bonds is 5. The van der Waals surface area contributed by atoms with Crippen molar-refractivity contribution in [3.05, 3.63) is 54.1 Å². The Labute approximate surface area is 112 Å². The first-order valence-corrected chi connectivity index (χ1v) is 6.24. The standard InChI is InChI=1S/C16H17NO2/c1-19-12-11-17-16(18)10-9-14-7-4-6-13-5-2-3-8-15(13)14/h2-10H,11-12H2,1H3,(H,17,18). The van der Waals surface area contributed by atoms with E-state index in [0.29, 0.717) is 13.2 Å². The number of nitrogens with one attached hydrogen (secondary N) is 1. The van der Waals surface area contributed by atoms with Crippen LogP contribution in [0.5, 0.6) is 0 Å². The Balaban J connectivity index is 2.10. The highest BCUT2D eigenvalue weighted by Gasteiger charge is 1.98. The molecule has 0 heterocycles. The van der Waals surface area contributed by atoms with Crippen LogP contribution in [-0.2, 0) is 9.53 Å². The fourth-order valence-corrected chi connectivity index (χ4v) is 1.90. The summed E-state index contributed by atoms with van der Waals surface area (Å²) in [6.45, 7) is 1.04. The maximum Gasteiger partial charge on any atom is 0.244 e. The molecule has 2 aromatic carbocycles. The lowest BCUT2D eigenvalue weighted by molar-refractivity contribution is -0.116. The molecule has 0 aliphatic heterocycles. The molecule has 0 saturated carbocycles. The van der Waals surface area contributed by atoms with Gasteiger partial charge >= 0.3 is 0 Å². The second kappa shape index (κ2) is 6.71. The molecular weight excluding hydrogens is 238 g/mol. The van der Waals surface area contributed by atoms with Crippen LogP contribution >= 0.6 is 0 Å². The summed E-state index contributed by atoms with van der Waals surface area (Å²) in [6, 6.07) is 14.2. The first-order chi connectivity index (χ1) is 9.31. The topological polar surface area (TPSA) is 38.3 Å². The third-order valence-corrected chi connectivity index (χ3v) is 2.84. The smallest absolute Gasteiger partial charge is 0.244 e. The van der Waals surface area contributed by atoms with Gasteiger partial charge in [0.25, 0.3) is 0 Å². The molecule has 0 radical (unpaired) electrons. The highest BCUT2D eigenvalue weighted by molar-refractivity contribution is 5.96. The first-order valence-electron chi connectivity index (χ1n) is 6.24. The first kappa shape index (κ1) is 13.3. The SMILES string of the molecule is COCCNC(=O)C=Cc1cccc2ccccc12. The summed E-state index contributed by atoms with van der Waals surface area (Å²) in [4.78, 5) is 11.6. The molecular formula is C16H17NO2. The fraction of sp³-hybridized carbons (Fsp3) is 0.188. The van der Waals surface area contributed by atoms with E-state index in [1.807, 2.05) is 30.3 Å². The average Bonchev–Trinajstić information content (AvgIpc) is 2.45. The third-order valence-electron chi connectivity index (χ3n) is 2.84. The van der Waals surface area contributed by atoms with Gasteiger partial charge in [-0.1, -0.05) is 42.5 Å². The van der Waals surface area contributed by atoms with Gasteiger partial charge in [-0.3, -0.25) is 4.79 Å². The van der Waals surface area contributed by atoms with Crippen molar-refractivity contribution in [2.75, 3.05) is 20.3 Å². The molecule has 3 heteroatoms. The summed E-state index contributed by atoms with van der Waals surface area (Å²) in [7, 11) is 1.61. The minimum absolute atomic E-state index is 0.106. The normalized spacial score (nSPS) is 11.0. The Bertz CT molecular complexity index is 585. The number of carbonyl (C=O) groups excluding carboxylic acids is 1. The summed E-state index contributed by atoms with van der Waals surface area (Å²) >= 11 is 0. The molecule has 0 unspecified atom stereocenters. The maximum atomic E-state index is 11.6. The van der Waals surface area contributed by atoms with Crippen LogP contribution in [0.1, 0.15) is 5.56 Å². The van der Waals surface area contributed by atoms with Crippen LogP contribution in [0.2, 0.25) is 0 Å². The largest absolute Gasteiger partial charge is 0.383 e. The van der Waals surface area contributed by atoms with Crippen molar-refractivity contribution in [2.45, 2.75) is 0 Å². The number of hydrogen-bond acceptors (Lipinski definition) is 2. The zero-order valence-corrected chi connectivity index (χ0v) is 10.9. The molecule has 0 spiro atoms. The zero-order valence-electron chi connectivity index (χ0n) is 10.9. The molecule has 1 N–H and O–H groups in total. The van der Waals surface area contributed by atoms with Crippen molar-refractivity contribution in [3.63, 3.8) is 0 Å². The Morgan fingerprint density at radius 2 is 2.00 bits per heavy atom. The van der Waals surface area contributed by atoms with E-state index < -0.39 is 0 Å². The Morgan fingerprint density at radius 3 is 2.84 bits per heavy atom.